The molecule has 1 aliphatic carbocycles. The van der Waals surface area contributed by atoms with Crippen LogP contribution in [0.5, 0.6) is 0 Å². The summed E-state index contributed by atoms with van der Waals surface area (Å²) in [6, 6.07) is 2.86. The molecule has 1 aromatic carbocycles. The minimum Gasteiger partial charge on any atom is -0.444 e. The molecule has 3 unspecified atom stereocenters. The topological polar surface area (TPSA) is 49.9 Å². The zero-order chi connectivity index (χ0) is 21.6. The summed E-state index contributed by atoms with van der Waals surface area (Å²) in [4.78, 5) is 28.8. The summed E-state index contributed by atoms with van der Waals surface area (Å²) >= 11 is 0. The van der Waals surface area contributed by atoms with Crippen LogP contribution in [-0.2, 0) is 9.53 Å². The maximum Gasteiger partial charge on any atom is 0.410 e. The second-order valence-electron chi connectivity index (χ2n) is 9.62. The lowest BCUT2D eigenvalue weighted by Crippen LogP contribution is -2.37. The van der Waals surface area contributed by atoms with Crippen molar-refractivity contribution < 1.29 is 23.1 Å². The van der Waals surface area contributed by atoms with Crippen LogP contribution >= 0.6 is 0 Å². The van der Waals surface area contributed by atoms with Gasteiger partial charge in [0.1, 0.15) is 17.2 Å². The number of benzene rings is 1. The van der Waals surface area contributed by atoms with Crippen molar-refractivity contribution >= 4 is 12.0 Å². The zero-order valence-corrected chi connectivity index (χ0v) is 17.6. The van der Waals surface area contributed by atoms with Crippen molar-refractivity contribution in [2.75, 3.05) is 13.1 Å². The van der Waals surface area contributed by atoms with E-state index in [1.165, 1.54) is 6.07 Å². The van der Waals surface area contributed by atoms with Crippen LogP contribution in [0.15, 0.2) is 30.5 Å². The second-order valence-corrected chi connectivity index (χ2v) is 9.62. The van der Waals surface area contributed by atoms with E-state index in [2.05, 4.69) is 0 Å². The van der Waals surface area contributed by atoms with Gasteiger partial charge in [0.2, 0.25) is 5.91 Å². The lowest BCUT2D eigenvalue weighted by atomic mass is 9.99. The largest absolute Gasteiger partial charge is 0.444 e. The van der Waals surface area contributed by atoms with E-state index in [9.17, 15) is 18.4 Å². The van der Waals surface area contributed by atoms with Crippen LogP contribution in [0.2, 0.25) is 0 Å². The molecule has 162 valence electrons. The zero-order valence-electron chi connectivity index (χ0n) is 17.6. The van der Waals surface area contributed by atoms with Gasteiger partial charge in [-0.25, -0.2) is 13.6 Å². The standard InChI is InChI=1S/C23H28F2N2O3/c1-23(2,3)30-22(29)26-12-15-9-14(10-16(15)13-26)21(28)27-8-4-5-20(27)18-11-17(24)6-7-19(18)25/h4,6-8,11,14-16,20H,5,9-10,12-13H2,1-3H3. The van der Waals surface area contributed by atoms with Crippen LogP contribution in [0, 0.1) is 29.4 Å². The van der Waals surface area contributed by atoms with Gasteiger partial charge in [-0.3, -0.25) is 4.79 Å². The predicted octanol–water partition coefficient (Wildman–Crippen LogP) is 4.65. The van der Waals surface area contributed by atoms with E-state index in [0.29, 0.717) is 32.4 Å². The molecular weight excluding hydrogens is 390 g/mol. The predicted molar refractivity (Wildman–Crippen MR) is 107 cm³/mol. The first-order chi connectivity index (χ1) is 14.1. The number of halogens is 2. The lowest BCUT2D eigenvalue weighted by molar-refractivity contribution is -0.134. The van der Waals surface area contributed by atoms with Gasteiger partial charge in [0.15, 0.2) is 0 Å². The molecular formula is C23H28F2N2O3. The third-order valence-electron chi connectivity index (χ3n) is 6.28. The summed E-state index contributed by atoms with van der Waals surface area (Å²) in [7, 11) is 0. The molecule has 0 spiro atoms. The fourth-order valence-corrected chi connectivity index (χ4v) is 4.98. The number of rotatable bonds is 2. The van der Waals surface area contributed by atoms with Crippen LogP contribution in [0.4, 0.5) is 13.6 Å². The summed E-state index contributed by atoms with van der Waals surface area (Å²) in [6.45, 7) is 6.73. The Bertz CT molecular complexity index is 866. The fraction of sp³-hybridized carbons (Fsp3) is 0.565. The van der Waals surface area contributed by atoms with Gasteiger partial charge >= 0.3 is 6.09 Å². The summed E-state index contributed by atoms with van der Waals surface area (Å²) in [5, 5.41) is 0. The van der Waals surface area contributed by atoms with Crippen molar-refractivity contribution in [3.8, 4) is 0 Å². The Hall–Kier alpha value is -2.44. The molecule has 4 rings (SSSR count). The highest BCUT2D eigenvalue weighted by atomic mass is 19.1. The number of hydrogen-bond donors (Lipinski definition) is 0. The van der Waals surface area contributed by atoms with E-state index >= 15 is 0 Å². The summed E-state index contributed by atoms with van der Waals surface area (Å²) < 4.78 is 33.4. The molecule has 2 fully saturated rings. The second kappa shape index (κ2) is 7.67. The Balaban J connectivity index is 1.40. The molecule has 0 N–H and O–H groups in total. The molecule has 0 aromatic heterocycles. The number of carbonyl (C=O) groups excluding carboxylic acids is 2. The highest BCUT2D eigenvalue weighted by Crippen LogP contribution is 2.44. The Kier molecular flexibility index (Phi) is 5.32. The van der Waals surface area contributed by atoms with Crippen molar-refractivity contribution in [3.63, 3.8) is 0 Å². The Morgan fingerprint density at radius 3 is 2.40 bits per heavy atom. The molecule has 0 radical (unpaired) electrons. The molecule has 1 saturated heterocycles. The van der Waals surface area contributed by atoms with Gasteiger partial charge in [-0.1, -0.05) is 6.08 Å². The van der Waals surface area contributed by atoms with Crippen LogP contribution < -0.4 is 0 Å². The van der Waals surface area contributed by atoms with Crippen molar-refractivity contribution in [3.05, 3.63) is 47.7 Å². The molecule has 5 nitrogen and oxygen atoms in total. The van der Waals surface area contributed by atoms with Gasteiger partial charge in [-0.05, 0) is 70.1 Å². The highest BCUT2D eigenvalue weighted by molar-refractivity contribution is 5.81. The quantitative estimate of drug-likeness (QED) is 0.703. The first kappa shape index (κ1) is 20.8. The smallest absolute Gasteiger partial charge is 0.410 e. The number of likely N-dealkylation sites (tertiary alicyclic amines) is 1. The van der Waals surface area contributed by atoms with Gasteiger partial charge in [0.05, 0.1) is 6.04 Å². The number of carbonyl (C=O) groups is 2. The van der Waals surface area contributed by atoms with Crippen LogP contribution in [0.1, 0.15) is 51.6 Å². The lowest BCUT2D eigenvalue weighted by Gasteiger charge is -2.28. The first-order valence-electron chi connectivity index (χ1n) is 10.5. The van der Waals surface area contributed by atoms with E-state index < -0.39 is 23.3 Å². The van der Waals surface area contributed by atoms with Crippen molar-refractivity contribution in [2.24, 2.45) is 17.8 Å². The van der Waals surface area contributed by atoms with Gasteiger partial charge in [-0.15, -0.1) is 0 Å². The monoisotopic (exact) mass is 418 g/mol. The van der Waals surface area contributed by atoms with E-state index in [4.69, 9.17) is 4.74 Å². The third kappa shape index (κ3) is 4.07. The number of fused-ring (bicyclic) bond motifs is 1. The fourth-order valence-electron chi connectivity index (χ4n) is 4.98. The van der Waals surface area contributed by atoms with Gasteiger partial charge in [0, 0.05) is 30.8 Å². The van der Waals surface area contributed by atoms with Crippen LogP contribution in [0.3, 0.4) is 0 Å². The number of amides is 2. The number of ether oxygens (including phenoxy) is 1. The average Bonchev–Trinajstić information content (AvgIpc) is 3.35. The molecule has 0 bridgehead atoms. The summed E-state index contributed by atoms with van der Waals surface area (Å²) in [5.41, 5.74) is -0.320. The molecule has 7 heteroatoms. The molecule has 1 saturated carbocycles. The maximum atomic E-state index is 14.3. The SMILES string of the molecule is CC(C)(C)OC(=O)N1CC2CC(C(=O)N3C=CCC3c3cc(F)ccc3F)CC2C1. The average molecular weight is 418 g/mol. The minimum atomic E-state index is -0.531. The Morgan fingerprint density at radius 1 is 1.10 bits per heavy atom. The maximum absolute atomic E-state index is 14.3. The minimum absolute atomic E-state index is 0.0457. The van der Waals surface area contributed by atoms with E-state index in [1.54, 1.807) is 16.0 Å². The van der Waals surface area contributed by atoms with Gasteiger partial charge < -0.3 is 14.5 Å². The molecule has 2 heterocycles. The summed E-state index contributed by atoms with van der Waals surface area (Å²) in [5.74, 6) is -0.689. The van der Waals surface area contributed by atoms with Crippen LogP contribution in [-0.4, -0.2) is 40.5 Å². The molecule has 2 amide bonds. The highest BCUT2D eigenvalue weighted by Gasteiger charge is 2.47. The van der Waals surface area contributed by atoms with Gasteiger partial charge in [-0.2, -0.15) is 0 Å². The normalized spacial score (nSPS) is 28.2. The molecule has 2 aliphatic heterocycles. The van der Waals surface area contributed by atoms with Crippen molar-refractivity contribution in [1.82, 2.24) is 9.80 Å². The molecule has 1 aromatic rings. The van der Waals surface area contributed by atoms with Crippen LogP contribution in [0.25, 0.3) is 0 Å². The van der Waals surface area contributed by atoms with E-state index in [-0.39, 0.29) is 35.3 Å². The molecule has 3 aliphatic rings. The number of nitrogens with zero attached hydrogens (tertiary/aromatic N) is 2. The van der Waals surface area contributed by atoms with Crippen molar-refractivity contribution in [2.45, 2.75) is 51.7 Å². The Morgan fingerprint density at radius 2 is 1.77 bits per heavy atom. The molecule has 30 heavy (non-hydrogen) atoms. The first-order valence-corrected chi connectivity index (χ1v) is 10.5. The third-order valence-corrected chi connectivity index (χ3v) is 6.28. The van der Waals surface area contributed by atoms with E-state index in [1.807, 2.05) is 26.8 Å². The van der Waals surface area contributed by atoms with Crippen molar-refractivity contribution in [1.29, 1.82) is 0 Å². The summed E-state index contributed by atoms with van der Waals surface area (Å²) in [6.07, 6.45) is 5.09. The van der Waals surface area contributed by atoms with Gasteiger partial charge in [0.25, 0.3) is 0 Å². The Labute approximate surface area is 175 Å². The van der Waals surface area contributed by atoms with E-state index in [0.717, 1.165) is 12.1 Å². The number of hydrogen-bond acceptors (Lipinski definition) is 3. The molecule has 3 atom stereocenters.